The number of carbonyl (C=O) groups excluding carboxylic acids is 1. The van der Waals surface area contributed by atoms with Gasteiger partial charge in [-0.3, -0.25) is 9.36 Å². The molecule has 0 bridgehead atoms. The summed E-state index contributed by atoms with van der Waals surface area (Å²) in [5.74, 6) is -0.0552. The number of hydrogen-bond donors (Lipinski definition) is 4. The molecular formula is C31H55N3O6. The smallest absolute Gasteiger partial charge is 0.351 e. The molecule has 0 radical (unpaired) electrons. The average Bonchev–Trinajstić information content (AvgIpc) is 3.23. The molecule has 4 N–H and O–H groups in total. The van der Waals surface area contributed by atoms with E-state index in [-0.39, 0.29) is 11.7 Å². The van der Waals surface area contributed by atoms with Crippen LogP contribution < -0.4 is 11.0 Å². The number of amides is 1. The zero-order chi connectivity index (χ0) is 29.0. The van der Waals surface area contributed by atoms with Crippen LogP contribution in [0.3, 0.4) is 0 Å². The lowest BCUT2D eigenvalue weighted by Crippen LogP contribution is -2.36. The van der Waals surface area contributed by atoms with Gasteiger partial charge in [-0.2, -0.15) is 4.98 Å². The van der Waals surface area contributed by atoms with Crippen molar-refractivity contribution < 1.29 is 24.9 Å². The molecule has 1 aliphatic rings. The Labute approximate surface area is 240 Å². The topological polar surface area (TPSA) is 134 Å². The van der Waals surface area contributed by atoms with Crippen molar-refractivity contribution in [3.05, 3.63) is 22.7 Å². The number of carbonyl (C=O) groups is 1. The fraction of sp³-hybridized carbons (Fsp3) is 0.839. The first-order valence-electron chi connectivity index (χ1n) is 16.0. The molecule has 0 aromatic carbocycles. The van der Waals surface area contributed by atoms with Crippen LogP contribution in [-0.2, 0) is 9.53 Å². The highest BCUT2D eigenvalue weighted by Crippen LogP contribution is 2.28. The minimum atomic E-state index is -1.37. The average molecular weight is 566 g/mol. The molecule has 9 heteroatoms. The van der Waals surface area contributed by atoms with Crippen LogP contribution >= 0.6 is 0 Å². The van der Waals surface area contributed by atoms with E-state index in [1.54, 1.807) is 0 Å². The quantitative estimate of drug-likeness (QED) is 0.127. The van der Waals surface area contributed by atoms with Gasteiger partial charge in [0, 0.05) is 12.6 Å². The Hall–Kier alpha value is -1.81. The highest BCUT2D eigenvalue weighted by Gasteiger charge is 2.43. The molecule has 0 aliphatic carbocycles. The van der Waals surface area contributed by atoms with Gasteiger partial charge in [0.25, 0.3) is 0 Å². The third-order valence-corrected chi connectivity index (χ3v) is 7.90. The number of hydrogen-bond acceptors (Lipinski definition) is 7. The van der Waals surface area contributed by atoms with Gasteiger partial charge in [-0.1, -0.05) is 122 Å². The fourth-order valence-corrected chi connectivity index (χ4v) is 5.36. The molecule has 1 aromatic rings. The molecule has 0 spiro atoms. The van der Waals surface area contributed by atoms with Gasteiger partial charge in [0.1, 0.15) is 24.1 Å². The van der Waals surface area contributed by atoms with Crippen LogP contribution in [0.5, 0.6) is 0 Å². The molecule has 1 aromatic heterocycles. The lowest BCUT2D eigenvalue weighted by atomic mass is 10.0. The first-order valence-corrected chi connectivity index (χ1v) is 16.0. The number of unbranched alkanes of at least 4 members (excludes halogenated alkanes) is 18. The van der Waals surface area contributed by atoms with Gasteiger partial charge in [-0.25, -0.2) is 4.79 Å². The molecule has 0 unspecified atom stereocenters. The number of nitrogens with one attached hydrogen (secondary N) is 1. The molecule has 0 saturated carbocycles. The molecular weight excluding hydrogens is 510 g/mol. The maximum Gasteiger partial charge on any atom is 0.351 e. The van der Waals surface area contributed by atoms with E-state index < -0.39 is 36.8 Å². The van der Waals surface area contributed by atoms with Crippen molar-refractivity contribution in [1.82, 2.24) is 9.55 Å². The predicted octanol–water partition coefficient (Wildman–Crippen LogP) is 5.62. The SMILES string of the molecule is CCCCCCCCCCCCCCCCCCCCCC(=O)Nc1ccn([C@@H]2O[C@H](CO)[C@H](O)[C@@H]2O)c(=O)n1. The van der Waals surface area contributed by atoms with Crippen molar-refractivity contribution in [2.75, 3.05) is 11.9 Å². The molecule has 40 heavy (non-hydrogen) atoms. The molecule has 2 heterocycles. The second-order valence-corrected chi connectivity index (χ2v) is 11.4. The van der Waals surface area contributed by atoms with E-state index >= 15 is 0 Å². The fourth-order valence-electron chi connectivity index (χ4n) is 5.36. The van der Waals surface area contributed by atoms with Gasteiger partial charge in [0.2, 0.25) is 5.91 Å². The van der Waals surface area contributed by atoms with E-state index in [1.807, 2.05) is 0 Å². The van der Waals surface area contributed by atoms with Gasteiger partial charge < -0.3 is 25.4 Å². The van der Waals surface area contributed by atoms with Gasteiger partial charge in [0.15, 0.2) is 6.23 Å². The Bertz CT molecular complexity index is 864. The third-order valence-electron chi connectivity index (χ3n) is 7.90. The monoisotopic (exact) mass is 565 g/mol. The largest absolute Gasteiger partial charge is 0.394 e. The molecule has 9 nitrogen and oxygen atoms in total. The number of aliphatic hydroxyl groups is 3. The maximum absolute atomic E-state index is 12.4. The van der Waals surface area contributed by atoms with E-state index in [9.17, 15) is 24.9 Å². The molecule has 1 amide bonds. The Morgan fingerprint density at radius 2 is 1.30 bits per heavy atom. The Morgan fingerprint density at radius 1 is 0.825 bits per heavy atom. The Kier molecular flexibility index (Phi) is 18.0. The Balaban J connectivity index is 1.43. The number of rotatable bonds is 23. The lowest BCUT2D eigenvalue weighted by molar-refractivity contribution is -0.116. The van der Waals surface area contributed by atoms with E-state index in [1.165, 1.54) is 115 Å². The summed E-state index contributed by atoms with van der Waals surface area (Å²) in [5, 5.41) is 31.8. The second-order valence-electron chi connectivity index (χ2n) is 11.4. The van der Waals surface area contributed by atoms with Gasteiger partial charge in [0.05, 0.1) is 6.61 Å². The van der Waals surface area contributed by atoms with Crippen molar-refractivity contribution >= 4 is 11.7 Å². The summed E-state index contributed by atoms with van der Waals surface area (Å²) >= 11 is 0. The first kappa shape index (κ1) is 34.4. The van der Waals surface area contributed by atoms with Gasteiger partial charge in [-0.15, -0.1) is 0 Å². The molecule has 2 rings (SSSR count). The number of ether oxygens (including phenoxy) is 1. The molecule has 1 fully saturated rings. The first-order chi connectivity index (χ1) is 19.5. The van der Waals surface area contributed by atoms with Crippen molar-refractivity contribution in [2.45, 2.75) is 160 Å². The number of nitrogens with zero attached hydrogens (tertiary/aromatic N) is 2. The molecule has 4 atom stereocenters. The summed E-state index contributed by atoms with van der Waals surface area (Å²) in [7, 11) is 0. The van der Waals surface area contributed by atoms with E-state index in [2.05, 4.69) is 17.2 Å². The van der Waals surface area contributed by atoms with Crippen LogP contribution in [0.1, 0.15) is 142 Å². The second kappa shape index (κ2) is 21.0. The van der Waals surface area contributed by atoms with Crippen LogP contribution in [-0.4, -0.2) is 55.7 Å². The third kappa shape index (κ3) is 13.2. The van der Waals surface area contributed by atoms with E-state index in [0.29, 0.717) is 6.42 Å². The van der Waals surface area contributed by atoms with Crippen LogP contribution in [0, 0.1) is 0 Å². The maximum atomic E-state index is 12.4. The summed E-state index contributed by atoms with van der Waals surface area (Å²) in [6.45, 7) is 1.79. The van der Waals surface area contributed by atoms with Crippen molar-refractivity contribution in [1.29, 1.82) is 0 Å². The normalized spacial score (nSPS) is 20.7. The molecule has 1 aliphatic heterocycles. The summed E-state index contributed by atoms with van der Waals surface area (Å²) in [4.78, 5) is 28.4. The Morgan fingerprint density at radius 3 is 1.73 bits per heavy atom. The van der Waals surface area contributed by atoms with Crippen LogP contribution in [0.15, 0.2) is 17.1 Å². The molecule has 1 saturated heterocycles. The number of anilines is 1. The van der Waals surface area contributed by atoms with Crippen molar-refractivity contribution in [3.8, 4) is 0 Å². The lowest BCUT2D eigenvalue weighted by Gasteiger charge is -2.17. The van der Waals surface area contributed by atoms with Crippen molar-refractivity contribution in [2.24, 2.45) is 0 Å². The van der Waals surface area contributed by atoms with Crippen molar-refractivity contribution in [3.63, 3.8) is 0 Å². The minimum Gasteiger partial charge on any atom is -0.394 e. The van der Waals surface area contributed by atoms with Crippen LogP contribution in [0.4, 0.5) is 5.82 Å². The summed E-state index contributed by atoms with van der Waals surface area (Å²) in [5.41, 5.74) is -0.726. The summed E-state index contributed by atoms with van der Waals surface area (Å²) in [6.07, 6.45) is 21.7. The van der Waals surface area contributed by atoms with Gasteiger partial charge in [-0.05, 0) is 12.5 Å². The standard InChI is InChI=1S/C31H55N3O6/c1-2-3-4-5-6-7-8-9-10-11-12-13-14-15-16-17-18-19-20-21-27(36)32-26-22-23-34(31(39)33-26)30-29(38)28(37)25(24-35)40-30/h22-23,25,28-30,35,37-38H,2-21,24H2,1H3,(H,32,33,36,39)/t25-,28+,29+,30-/m1/s1. The number of aromatic nitrogens is 2. The zero-order valence-electron chi connectivity index (χ0n) is 24.8. The molecule has 230 valence electrons. The van der Waals surface area contributed by atoms with Crippen LogP contribution in [0.2, 0.25) is 0 Å². The van der Waals surface area contributed by atoms with E-state index in [0.717, 1.165) is 23.8 Å². The highest BCUT2D eigenvalue weighted by atomic mass is 16.6. The summed E-state index contributed by atoms with van der Waals surface area (Å²) in [6, 6.07) is 1.45. The zero-order valence-corrected chi connectivity index (χ0v) is 24.8. The van der Waals surface area contributed by atoms with Gasteiger partial charge >= 0.3 is 5.69 Å². The minimum absolute atomic E-state index is 0.135. The number of aliphatic hydroxyl groups excluding tert-OH is 3. The highest BCUT2D eigenvalue weighted by molar-refractivity contribution is 5.89. The van der Waals surface area contributed by atoms with Crippen LogP contribution in [0.25, 0.3) is 0 Å². The summed E-state index contributed by atoms with van der Waals surface area (Å²) < 4.78 is 6.40. The predicted molar refractivity (Wildman–Crippen MR) is 158 cm³/mol. The van der Waals surface area contributed by atoms with E-state index in [4.69, 9.17) is 4.74 Å².